The molecular formula is C16H23NO2. The van der Waals surface area contributed by atoms with Gasteiger partial charge in [-0.05, 0) is 24.3 Å². The maximum Gasteiger partial charge on any atom is 0.220 e. The van der Waals surface area contributed by atoms with Gasteiger partial charge in [0.25, 0.3) is 0 Å². The lowest BCUT2D eigenvalue weighted by Crippen LogP contribution is -2.32. The van der Waals surface area contributed by atoms with Gasteiger partial charge in [-0.1, -0.05) is 49.6 Å². The number of aliphatic hydroxyl groups excluding tert-OH is 1. The summed E-state index contributed by atoms with van der Waals surface area (Å²) in [5, 5.41) is 12.4. The van der Waals surface area contributed by atoms with E-state index in [0.717, 1.165) is 5.56 Å². The van der Waals surface area contributed by atoms with Crippen LogP contribution < -0.4 is 5.32 Å². The van der Waals surface area contributed by atoms with Crippen LogP contribution in [0.2, 0.25) is 0 Å². The van der Waals surface area contributed by atoms with Crippen molar-refractivity contribution < 1.29 is 9.90 Å². The van der Waals surface area contributed by atoms with Gasteiger partial charge < -0.3 is 10.4 Å². The predicted molar refractivity (Wildman–Crippen MR) is 75.6 cm³/mol. The van der Waals surface area contributed by atoms with Crippen LogP contribution in [0.5, 0.6) is 0 Å². The highest BCUT2D eigenvalue weighted by molar-refractivity contribution is 5.76. The van der Waals surface area contributed by atoms with Gasteiger partial charge in [0.15, 0.2) is 0 Å². The van der Waals surface area contributed by atoms with Crippen LogP contribution in [0, 0.1) is 5.92 Å². The van der Waals surface area contributed by atoms with Crippen LogP contribution in [0.3, 0.4) is 0 Å². The third-order valence-electron chi connectivity index (χ3n) is 3.92. The van der Waals surface area contributed by atoms with Crippen molar-refractivity contribution in [1.82, 2.24) is 5.32 Å². The predicted octanol–water partition coefficient (Wildman–Crippen LogP) is 2.81. The van der Waals surface area contributed by atoms with E-state index in [1.807, 2.05) is 30.3 Å². The van der Waals surface area contributed by atoms with E-state index in [0.29, 0.717) is 12.3 Å². The number of rotatable bonds is 5. The molecule has 1 aliphatic rings. The Kier molecular flexibility index (Phi) is 5.40. The number of hydrogen-bond donors (Lipinski definition) is 2. The van der Waals surface area contributed by atoms with Crippen LogP contribution >= 0.6 is 0 Å². The van der Waals surface area contributed by atoms with Crippen molar-refractivity contribution >= 4 is 5.91 Å². The van der Waals surface area contributed by atoms with Crippen molar-refractivity contribution in [1.29, 1.82) is 0 Å². The minimum absolute atomic E-state index is 0.0551. The highest BCUT2D eigenvalue weighted by atomic mass is 16.3. The summed E-state index contributed by atoms with van der Waals surface area (Å²) in [4.78, 5) is 12.0. The molecule has 0 spiro atoms. The van der Waals surface area contributed by atoms with E-state index in [1.54, 1.807) is 0 Å². The fourth-order valence-electron chi connectivity index (χ4n) is 2.83. The molecule has 0 radical (unpaired) electrons. The second-order valence-corrected chi connectivity index (χ2v) is 5.42. The van der Waals surface area contributed by atoms with Crippen molar-refractivity contribution in [3.05, 3.63) is 35.9 Å². The first-order valence-corrected chi connectivity index (χ1v) is 7.24. The summed E-state index contributed by atoms with van der Waals surface area (Å²) in [7, 11) is 0. The topological polar surface area (TPSA) is 49.3 Å². The standard InChI is InChI=1S/C16H23NO2/c18-12-15(14-9-5-2-6-10-14)17-16(19)11-13-7-3-1-4-8-13/h2,5-6,9-10,13,15,18H,1,3-4,7-8,11-12H2,(H,17,19). The zero-order valence-corrected chi connectivity index (χ0v) is 11.3. The van der Waals surface area contributed by atoms with Gasteiger partial charge in [0, 0.05) is 6.42 Å². The van der Waals surface area contributed by atoms with E-state index in [4.69, 9.17) is 0 Å². The largest absolute Gasteiger partial charge is 0.394 e. The molecule has 2 rings (SSSR count). The third-order valence-corrected chi connectivity index (χ3v) is 3.92. The SMILES string of the molecule is O=C(CC1CCCCC1)NC(CO)c1ccccc1. The van der Waals surface area contributed by atoms with Crippen molar-refractivity contribution in [2.45, 2.75) is 44.6 Å². The molecule has 104 valence electrons. The van der Waals surface area contributed by atoms with Crippen LogP contribution in [-0.2, 0) is 4.79 Å². The Balaban J connectivity index is 1.85. The minimum Gasteiger partial charge on any atom is -0.394 e. The van der Waals surface area contributed by atoms with Gasteiger partial charge in [0.05, 0.1) is 12.6 Å². The van der Waals surface area contributed by atoms with Crippen LogP contribution in [0.25, 0.3) is 0 Å². The van der Waals surface area contributed by atoms with Gasteiger partial charge in [-0.15, -0.1) is 0 Å². The molecule has 19 heavy (non-hydrogen) atoms. The van der Waals surface area contributed by atoms with Gasteiger partial charge >= 0.3 is 0 Å². The number of benzene rings is 1. The van der Waals surface area contributed by atoms with Crippen molar-refractivity contribution in [3.8, 4) is 0 Å². The average molecular weight is 261 g/mol. The minimum atomic E-state index is -0.280. The van der Waals surface area contributed by atoms with E-state index in [9.17, 15) is 9.90 Å². The summed E-state index contributed by atoms with van der Waals surface area (Å²) in [6.45, 7) is -0.0551. The summed E-state index contributed by atoms with van der Waals surface area (Å²) in [6, 6.07) is 9.36. The fourth-order valence-corrected chi connectivity index (χ4v) is 2.83. The van der Waals surface area contributed by atoms with Crippen LogP contribution in [0.1, 0.15) is 50.1 Å². The number of nitrogens with one attached hydrogen (secondary N) is 1. The monoisotopic (exact) mass is 261 g/mol. The molecule has 1 atom stereocenters. The molecule has 1 unspecified atom stereocenters. The van der Waals surface area contributed by atoms with Crippen LogP contribution in [0.4, 0.5) is 0 Å². The van der Waals surface area contributed by atoms with Crippen LogP contribution in [-0.4, -0.2) is 17.6 Å². The smallest absolute Gasteiger partial charge is 0.220 e. The molecule has 1 fully saturated rings. The molecule has 0 heterocycles. The molecule has 0 aliphatic heterocycles. The lowest BCUT2D eigenvalue weighted by molar-refractivity contribution is -0.123. The Bertz CT molecular complexity index is 385. The Morgan fingerprint density at radius 2 is 1.89 bits per heavy atom. The molecule has 0 saturated heterocycles. The summed E-state index contributed by atoms with van der Waals surface area (Å²) in [6.07, 6.45) is 6.75. The molecule has 1 aromatic carbocycles. The molecule has 2 N–H and O–H groups in total. The highest BCUT2D eigenvalue weighted by Gasteiger charge is 2.19. The molecule has 1 aromatic rings. The van der Waals surface area contributed by atoms with E-state index in [1.165, 1.54) is 32.1 Å². The summed E-state index contributed by atoms with van der Waals surface area (Å²) < 4.78 is 0. The maximum absolute atomic E-state index is 12.0. The zero-order valence-electron chi connectivity index (χ0n) is 11.3. The Labute approximate surface area is 115 Å². The van der Waals surface area contributed by atoms with Crippen LogP contribution in [0.15, 0.2) is 30.3 Å². The molecule has 0 bridgehead atoms. The first kappa shape index (κ1) is 14.1. The molecule has 3 heteroatoms. The van der Waals surface area contributed by atoms with E-state index in [-0.39, 0.29) is 18.6 Å². The van der Waals surface area contributed by atoms with Crippen molar-refractivity contribution in [3.63, 3.8) is 0 Å². The first-order chi connectivity index (χ1) is 9.29. The number of hydrogen-bond acceptors (Lipinski definition) is 2. The van der Waals surface area contributed by atoms with Gasteiger partial charge in [-0.2, -0.15) is 0 Å². The second-order valence-electron chi connectivity index (χ2n) is 5.42. The molecule has 0 aromatic heterocycles. The summed E-state index contributed by atoms with van der Waals surface area (Å²) in [5.41, 5.74) is 0.960. The Morgan fingerprint density at radius 1 is 1.21 bits per heavy atom. The normalized spacial score (nSPS) is 17.9. The first-order valence-electron chi connectivity index (χ1n) is 7.24. The Hall–Kier alpha value is -1.35. The van der Waals surface area contributed by atoms with E-state index in [2.05, 4.69) is 5.32 Å². The van der Waals surface area contributed by atoms with E-state index >= 15 is 0 Å². The zero-order chi connectivity index (χ0) is 13.5. The van der Waals surface area contributed by atoms with Gasteiger partial charge in [-0.3, -0.25) is 4.79 Å². The fraction of sp³-hybridized carbons (Fsp3) is 0.562. The lowest BCUT2D eigenvalue weighted by Gasteiger charge is -2.23. The molecule has 1 amide bonds. The van der Waals surface area contributed by atoms with E-state index < -0.39 is 0 Å². The molecule has 1 aliphatic carbocycles. The number of amides is 1. The number of carbonyl (C=O) groups excluding carboxylic acids is 1. The summed E-state index contributed by atoms with van der Waals surface area (Å²) in [5.74, 6) is 0.596. The van der Waals surface area contributed by atoms with Gasteiger partial charge in [0.1, 0.15) is 0 Å². The van der Waals surface area contributed by atoms with Crippen molar-refractivity contribution in [2.24, 2.45) is 5.92 Å². The van der Waals surface area contributed by atoms with Gasteiger partial charge in [-0.25, -0.2) is 0 Å². The highest BCUT2D eigenvalue weighted by Crippen LogP contribution is 2.26. The molecule has 3 nitrogen and oxygen atoms in total. The number of aliphatic hydroxyl groups is 1. The lowest BCUT2D eigenvalue weighted by atomic mass is 9.87. The second kappa shape index (κ2) is 7.29. The van der Waals surface area contributed by atoms with Gasteiger partial charge in [0.2, 0.25) is 5.91 Å². The quantitative estimate of drug-likeness (QED) is 0.856. The molecule has 1 saturated carbocycles. The maximum atomic E-state index is 12.0. The average Bonchev–Trinajstić information content (AvgIpc) is 2.47. The third kappa shape index (κ3) is 4.35. The molecular weight excluding hydrogens is 238 g/mol. The Morgan fingerprint density at radius 3 is 2.53 bits per heavy atom. The summed E-state index contributed by atoms with van der Waals surface area (Å²) >= 11 is 0. The van der Waals surface area contributed by atoms with Crippen molar-refractivity contribution in [2.75, 3.05) is 6.61 Å². The number of carbonyl (C=O) groups is 1.